The number of hydrogen-bond acceptors (Lipinski definition) is 2. The molecular formula is C11H21NO. The first-order valence-electron chi connectivity index (χ1n) is 5.70. The summed E-state index contributed by atoms with van der Waals surface area (Å²) >= 11 is 0. The zero-order chi connectivity index (χ0) is 9.15. The molecule has 2 heteroatoms. The molecule has 0 radical (unpaired) electrons. The Balaban J connectivity index is 1.86. The molecule has 76 valence electrons. The average Bonchev–Trinajstić information content (AvgIpc) is 2.63. The zero-order valence-electron chi connectivity index (χ0n) is 8.64. The summed E-state index contributed by atoms with van der Waals surface area (Å²) in [6.45, 7) is 5.57. The van der Waals surface area contributed by atoms with E-state index in [1.165, 1.54) is 38.6 Å². The van der Waals surface area contributed by atoms with Crippen LogP contribution in [0.4, 0.5) is 0 Å². The van der Waals surface area contributed by atoms with Crippen LogP contribution in [0.15, 0.2) is 0 Å². The van der Waals surface area contributed by atoms with Crippen LogP contribution in [0.1, 0.15) is 39.0 Å². The van der Waals surface area contributed by atoms with Gasteiger partial charge in [0.2, 0.25) is 0 Å². The van der Waals surface area contributed by atoms with Crippen LogP contribution in [-0.2, 0) is 4.74 Å². The highest BCUT2D eigenvalue weighted by Crippen LogP contribution is 2.46. The van der Waals surface area contributed by atoms with E-state index in [0.29, 0.717) is 11.5 Å². The van der Waals surface area contributed by atoms with Crippen LogP contribution in [0.2, 0.25) is 0 Å². The summed E-state index contributed by atoms with van der Waals surface area (Å²) in [7, 11) is 0. The first-order valence-corrected chi connectivity index (χ1v) is 5.70. The molecule has 0 bridgehead atoms. The summed E-state index contributed by atoms with van der Waals surface area (Å²) < 4.78 is 5.77. The fraction of sp³-hybridized carbons (Fsp3) is 1.00. The highest BCUT2D eigenvalue weighted by molar-refractivity contribution is 4.97. The van der Waals surface area contributed by atoms with Crippen molar-refractivity contribution < 1.29 is 4.74 Å². The van der Waals surface area contributed by atoms with Gasteiger partial charge in [-0.25, -0.2) is 0 Å². The van der Waals surface area contributed by atoms with Gasteiger partial charge in [0.25, 0.3) is 0 Å². The molecule has 2 fully saturated rings. The van der Waals surface area contributed by atoms with Gasteiger partial charge in [-0.1, -0.05) is 13.3 Å². The van der Waals surface area contributed by atoms with Crippen molar-refractivity contribution in [3.63, 3.8) is 0 Å². The summed E-state index contributed by atoms with van der Waals surface area (Å²) in [4.78, 5) is 0. The van der Waals surface area contributed by atoms with Gasteiger partial charge in [0.1, 0.15) is 0 Å². The standard InChI is InChI=1S/C11H21NO/c1-2-7-12-9-11-5-3-4-10(11)13-8-6-11/h10,12H,2-9H2,1H3/t10-,11-/m1/s1. The maximum Gasteiger partial charge on any atom is 0.0644 e. The van der Waals surface area contributed by atoms with Crippen LogP contribution >= 0.6 is 0 Å². The molecule has 1 heterocycles. The van der Waals surface area contributed by atoms with Crippen molar-refractivity contribution in [2.75, 3.05) is 19.7 Å². The summed E-state index contributed by atoms with van der Waals surface area (Å²) in [6, 6.07) is 0. The van der Waals surface area contributed by atoms with E-state index < -0.39 is 0 Å². The molecule has 0 aromatic rings. The lowest BCUT2D eigenvalue weighted by Crippen LogP contribution is -2.37. The van der Waals surface area contributed by atoms with E-state index in [1.807, 2.05) is 0 Å². The lowest BCUT2D eigenvalue weighted by molar-refractivity contribution is 0.0700. The average molecular weight is 183 g/mol. The van der Waals surface area contributed by atoms with Gasteiger partial charge in [-0.3, -0.25) is 0 Å². The Kier molecular flexibility index (Phi) is 2.89. The van der Waals surface area contributed by atoms with Gasteiger partial charge in [-0.2, -0.15) is 0 Å². The molecule has 1 aliphatic heterocycles. The highest BCUT2D eigenvalue weighted by atomic mass is 16.5. The molecule has 13 heavy (non-hydrogen) atoms. The Morgan fingerprint density at radius 3 is 3.23 bits per heavy atom. The molecule has 0 spiro atoms. The largest absolute Gasteiger partial charge is 0.378 e. The predicted octanol–water partition coefficient (Wildman–Crippen LogP) is 1.95. The zero-order valence-corrected chi connectivity index (χ0v) is 8.64. The number of ether oxygens (including phenoxy) is 1. The van der Waals surface area contributed by atoms with Crippen molar-refractivity contribution >= 4 is 0 Å². The maximum absolute atomic E-state index is 5.77. The van der Waals surface area contributed by atoms with Crippen molar-refractivity contribution in [2.24, 2.45) is 5.41 Å². The predicted molar refractivity (Wildman–Crippen MR) is 53.8 cm³/mol. The van der Waals surface area contributed by atoms with E-state index in [0.717, 1.165) is 13.2 Å². The van der Waals surface area contributed by atoms with Gasteiger partial charge >= 0.3 is 0 Å². The third-order valence-corrected chi connectivity index (χ3v) is 3.65. The molecule has 0 aromatic heterocycles. The van der Waals surface area contributed by atoms with Crippen LogP contribution in [0, 0.1) is 5.41 Å². The minimum absolute atomic E-state index is 0.523. The van der Waals surface area contributed by atoms with E-state index in [-0.39, 0.29) is 0 Å². The first kappa shape index (κ1) is 9.47. The lowest BCUT2D eigenvalue weighted by Gasteiger charge is -2.27. The van der Waals surface area contributed by atoms with E-state index >= 15 is 0 Å². The van der Waals surface area contributed by atoms with Crippen molar-refractivity contribution in [1.82, 2.24) is 5.32 Å². The van der Waals surface area contributed by atoms with Crippen molar-refractivity contribution in [3.05, 3.63) is 0 Å². The molecule has 2 atom stereocenters. The number of hydrogen-bond donors (Lipinski definition) is 1. The summed E-state index contributed by atoms with van der Waals surface area (Å²) in [6.07, 6.45) is 7.16. The third-order valence-electron chi connectivity index (χ3n) is 3.65. The third kappa shape index (κ3) is 1.75. The lowest BCUT2D eigenvalue weighted by atomic mass is 9.83. The smallest absolute Gasteiger partial charge is 0.0644 e. The topological polar surface area (TPSA) is 21.3 Å². The Bertz CT molecular complexity index is 159. The van der Waals surface area contributed by atoms with Crippen LogP contribution in [0.5, 0.6) is 0 Å². The molecule has 0 aromatic carbocycles. The minimum atomic E-state index is 0.523. The molecule has 0 amide bonds. The van der Waals surface area contributed by atoms with Gasteiger partial charge < -0.3 is 10.1 Å². The van der Waals surface area contributed by atoms with E-state index in [9.17, 15) is 0 Å². The summed E-state index contributed by atoms with van der Waals surface area (Å²) in [5.41, 5.74) is 0.523. The second-order valence-electron chi connectivity index (χ2n) is 4.54. The van der Waals surface area contributed by atoms with E-state index in [4.69, 9.17) is 4.74 Å². The first-order chi connectivity index (χ1) is 6.37. The van der Waals surface area contributed by atoms with Crippen LogP contribution < -0.4 is 5.32 Å². The van der Waals surface area contributed by atoms with Crippen molar-refractivity contribution in [1.29, 1.82) is 0 Å². The number of nitrogens with one attached hydrogen (secondary N) is 1. The fourth-order valence-electron chi connectivity index (χ4n) is 2.86. The van der Waals surface area contributed by atoms with E-state index in [1.54, 1.807) is 0 Å². The number of fused-ring (bicyclic) bond motifs is 1. The molecule has 2 nitrogen and oxygen atoms in total. The Morgan fingerprint density at radius 2 is 2.38 bits per heavy atom. The van der Waals surface area contributed by atoms with E-state index in [2.05, 4.69) is 12.2 Å². The minimum Gasteiger partial charge on any atom is -0.378 e. The molecule has 2 aliphatic rings. The fourth-order valence-corrected chi connectivity index (χ4v) is 2.86. The normalized spacial score (nSPS) is 38.1. The van der Waals surface area contributed by atoms with Gasteiger partial charge in [0.05, 0.1) is 6.10 Å². The van der Waals surface area contributed by atoms with Crippen LogP contribution in [-0.4, -0.2) is 25.8 Å². The van der Waals surface area contributed by atoms with Gasteiger partial charge in [-0.15, -0.1) is 0 Å². The molecule has 0 unspecified atom stereocenters. The number of rotatable bonds is 4. The Hall–Kier alpha value is -0.0800. The molecule has 1 saturated heterocycles. The maximum atomic E-state index is 5.77. The highest BCUT2D eigenvalue weighted by Gasteiger charge is 2.46. The Labute approximate surface area is 81.0 Å². The second-order valence-corrected chi connectivity index (χ2v) is 4.54. The van der Waals surface area contributed by atoms with Gasteiger partial charge in [0, 0.05) is 18.6 Å². The molecule has 1 N–H and O–H groups in total. The van der Waals surface area contributed by atoms with Crippen LogP contribution in [0.3, 0.4) is 0 Å². The molecule has 1 aliphatic carbocycles. The SMILES string of the molecule is CCCNC[C@]12CCC[C@H]1OCC2. The summed E-state index contributed by atoms with van der Waals surface area (Å²) in [5, 5.41) is 3.56. The van der Waals surface area contributed by atoms with Crippen molar-refractivity contribution in [3.8, 4) is 0 Å². The van der Waals surface area contributed by atoms with Crippen LogP contribution in [0.25, 0.3) is 0 Å². The Morgan fingerprint density at radius 1 is 1.46 bits per heavy atom. The van der Waals surface area contributed by atoms with Crippen molar-refractivity contribution in [2.45, 2.75) is 45.1 Å². The van der Waals surface area contributed by atoms with Gasteiger partial charge in [0.15, 0.2) is 0 Å². The molecule has 2 rings (SSSR count). The second kappa shape index (κ2) is 3.97. The quantitative estimate of drug-likeness (QED) is 0.673. The monoisotopic (exact) mass is 183 g/mol. The molecular weight excluding hydrogens is 162 g/mol. The van der Waals surface area contributed by atoms with Gasteiger partial charge in [-0.05, 0) is 32.2 Å². The molecule has 1 saturated carbocycles. The summed E-state index contributed by atoms with van der Waals surface area (Å²) in [5.74, 6) is 0.